The first-order valence-electron chi connectivity index (χ1n) is 6.37. The predicted octanol–water partition coefficient (Wildman–Crippen LogP) is 2.37. The number of amides is 1. The van der Waals surface area contributed by atoms with Gasteiger partial charge in [-0.25, -0.2) is 13.2 Å². The fraction of sp³-hybridized carbons (Fsp3) is 0.500. The van der Waals surface area contributed by atoms with Gasteiger partial charge in [0.2, 0.25) is 0 Å². The van der Waals surface area contributed by atoms with Crippen LogP contribution in [0, 0.1) is 0 Å². The monoisotopic (exact) mass is 299 g/mol. The molecule has 1 rings (SSSR count). The normalized spacial score (nSPS) is 13.6. The van der Waals surface area contributed by atoms with E-state index in [2.05, 4.69) is 5.32 Å². The third-order valence-corrected chi connectivity index (χ3v) is 4.26. The summed E-state index contributed by atoms with van der Waals surface area (Å²) in [5, 5.41) is 2.52. The summed E-state index contributed by atoms with van der Waals surface area (Å²) in [4.78, 5) is 11.8. The van der Waals surface area contributed by atoms with Crippen LogP contribution in [0.25, 0.3) is 0 Å². The van der Waals surface area contributed by atoms with Crippen molar-refractivity contribution < 1.29 is 17.9 Å². The maximum atomic E-state index is 12.1. The Morgan fingerprint density at radius 1 is 1.25 bits per heavy atom. The molecular weight excluding hydrogens is 278 g/mol. The molecule has 0 aliphatic carbocycles. The van der Waals surface area contributed by atoms with Crippen molar-refractivity contribution in [2.75, 3.05) is 5.75 Å². The molecule has 0 fully saturated rings. The van der Waals surface area contributed by atoms with Gasteiger partial charge in [-0.05, 0) is 39.8 Å². The zero-order valence-electron chi connectivity index (χ0n) is 12.2. The van der Waals surface area contributed by atoms with Crippen molar-refractivity contribution in [2.24, 2.45) is 0 Å². The second-order valence-electron chi connectivity index (χ2n) is 5.64. The van der Waals surface area contributed by atoms with Crippen molar-refractivity contribution in [3.63, 3.8) is 0 Å². The van der Waals surface area contributed by atoms with E-state index < -0.39 is 27.6 Å². The molecule has 112 valence electrons. The van der Waals surface area contributed by atoms with Gasteiger partial charge < -0.3 is 10.1 Å². The SMILES string of the molecule is C[C@@H](CS(=O)(=O)c1ccccc1)NC(=O)OC(C)(C)C. The Morgan fingerprint density at radius 3 is 2.30 bits per heavy atom. The maximum Gasteiger partial charge on any atom is 0.407 e. The minimum Gasteiger partial charge on any atom is -0.444 e. The van der Waals surface area contributed by atoms with Crippen LogP contribution >= 0.6 is 0 Å². The molecule has 0 radical (unpaired) electrons. The van der Waals surface area contributed by atoms with E-state index in [4.69, 9.17) is 4.74 Å². The molecule has 1 atom stereocenters. The molecule has 1 aromatic rings. The molecule has 6 heteroatoms. The molecule has 5 nitrogen and oxygen atoms in total. The summed E-state index contributed by atoms with van der Waals surface area (Å²) in [6.45, 7) is 6.87. The van der Waals surface area contributed by atoms with Gasteiger partial charge in [0, 0.05) is 6.04 Å². The minimum absolute atomic E-state index is 0.170. The van der Waals surface area contributed by atoms with E-state index in [9.17, 15) is 13.2 Å². The molecule has 0 aliphatic heterocycles. The first-order chi connectivity index (χ1) is 9.10. The van der Waals surface area contributed by atoms with Crippen LogP contribution in [0.15, 0.2) is 35.2 Å². The van der Waals surface area contributed by atoms with E-state index in [0.29, 0.717) is 0 Å². The molecule has 20 heavy (non-hydrogen) atoms. The highest BCUT2D eigenvalue weighted by Gasteiger charge is 2.22. The van der Waals surface area contributed by atoms with Crippen molar-refractivity contribution in [3.8, 4) is 0 Å². The molecule has 0 unspecified atom stereocenters. The number of sulfone groups is 1. The van der Waals surface area contributed by atoms with Crippen LogP contribution in [0.1, 0.15) is 27.7 Å². The highest BCUT2D eigenvalue weighted by molar-refractivity contribution is 7.91. The van der Waals surface area contributed by atoms with E-state index in [1.165, 1.54) is 12.1 Å². The number of ether oxygens (including phenoxy) is 1. The number of carbonyl (C=O) groups excluding carboxylic acids is 1. The van der Waals surface area contributed by atoms with Gasteiger partial charge in [-0.3, -0.25) is 0 Å². The lowest BCUT2D eigenvalue weighted by Gasteiger charge is -2.21. The Hall–Kier alpha value is -1.56. The number of alkyl carbamates (subject to hydrolysis) is 1. The Bertz CT molecular complexity index is 546. The van der Waals surface area contributed by atoms with Gasteiger partial charge in [0.1, 0.15) is 5.60 Å². The summed E-state index contributed by atoms with van der Waals surface area (Å²) in [6, 6.07) is 7.62. The topological polar surface area (TPSA) is 72.5 Å². The van der Waals surface area contributed by atoms with Gasteiger partial charge >= 0.3 is 6.09 Å². The van der Waals surface area contributed by atoms with E-state index in [1.54, 1.807) is 45.9 Å². The molecule has 0 aliphatic rings. The lowest BCUT2D eigenvalue weighted by Crippen LogP contribution is -2.40. The van der Waals surface area contributed by atoms with Gasteiger partial charge in [-0.1, -0.05) is 18.2 Å². The summed E-state index contributed by atoms with van der Waals surface area (Å²) >= 11 is 0. The first kappa shape index (κ1) is 16.5. The molecule has 0 aromatic heterocycles. The lowest BCUT2D eigenvalue weighted by atomic mass is 10.2. The van der Waals surface area contributed by atoms with Crippen LogP contribution in [-0.4, -0.2) is 31.9 Å². The second kappa shape index (κ2) is 6.26. The summed E-state index contributed by atoms with van der Waals surface area (Å²) < 4.78 is 29.3. The van der Waals surface area contributed by atoms with Crippen molar-refractivity contribution in [3.05, 3.63) is 30.3 Å². The molecule has 0 saturated heterocycles. The van der Waals surface area contributed by atoms with Gasteiger partial charge in [0.25, 0.3) is 0 Å². The average molecular weight is 299 g/mol. The highest BCUT2D eigenvalue weighted by Crippen LogP contribution is 2.12. The Kier molecular flexibility index (Phi) is 5.16. The molecule has 0 spiro atoms. The summed E-state index contributed by atoms with van der Waals surface area (Å²) in [7, 11) is -3.42. The van der Waals surface area contributed by atoms with Crippen LogP contribution in [0.3, 0.4) is 0 Å². The molecule has 0 heterocycles. The summed E-state index contributed by atoms with van der Waals surface area (Å²) in [6.07, 6.45) is -0.617. The molecule has 1 amide bonds. The Morgan fingerprint density at radius 2 is 1.80 bits per heavy atom. The van der Waals surface area contributed by atoms with Gasteiger partial charge in [-0.2, -0.15) is 0 Å². The zero-order chi connectivity index (χ0) is 15.4. The van der Waals surface area contributed by atoms with Crippen molar-refractivity contribution in [2.45, 2.75) is 44.2 Å². The van der Waals surface area contributed by atoms with Gasteiger partial charge in [0.05, 0.1) is 10.6 Å². The molecule has 0 saturated carbocycles. The van der Waals surface area contributed by atoms with Crippen molar-refractivity contribution >= 4 is 15.9 Å². The van der Waals surface area contributed by atoms with Crippen LogP contribution in [0.4, 0.5) is 4.79 Å². The number of hydrogen-bond acceptors (Lipinski definition) is 4. The van der Waals surface area contributed by atoms with Gasteiger partial charge in [0.15, 0.2) is 9.84 Å². The van der Waals surface area contributed by atoms with E-state index >= 15 is 0 Å². The first-order valence-corrected chi connectivity index (χ1v) is 8.03. The Labute approximate surface area is 120 Å². The van der Waals surface area contributed by atoms with Crippen LogP contribution in [0.2, 0.25) is 0 Å². The summed E-state index contributed by atoms with van der Waals surface area (Å²) in [5.41, 5.74) is -0.609. The number of benzene rings is 1. The maximum absolute atomic E-state index is 12.1. The van der Waals surface area contributed by atoms with E-state index in [1.807, 2.05) is 0 Å². The molecule has 0 bridgehead atoms. The molecular formula is C14H21NO4S. The standard InChI is InChI=1S/C14H21NO4S/c1-11(15-13(16)19-14(2,3)4)10-20(17,18)12-8-6-5-7-9-12/h5-9,11H,10H2,1-4H3,(H,15,16)/t11-/m0/s1. The molecule has 1 N–H and O–H groups in total. The third kappa shape index (κ3) is 5.61. The summed E-state index contributed by atoms with van der Waals surface area (Å²) in [5.74, 6) is -0.170. The van der Waals surface area contributed by atoms with Gasteiger partial charge in [-0.15, -0.1) is 0 Å². The number of hydrogen-bond donors (Lipinski definition) is 1. The minimum atomic E-state index is -3.42. The van der Waals surface area contributed by atoms with Crippen LogP contribution < -0.4 is 5.32 Å². The lowest BCUT2D eigenvalue weighted by molar-refractivity contribution is 0.0513. The number of rotatable bonds is 4. The zero-order valence-corrected chi connectivity index (χ0v) is 13.0. The fourth-order valence-corrected chi connectivity index (χ4v) is 3.11. The number of nitrogens with one attached hydrogen (secondary N) is 1. The van der Waals surface area contributed by atoms with Crippen LogP contribution in [-0.2, 0) is 14.6 Å². The van der Waals surface area contributed by atoms with Crippen LogP contribution in [0.5, 0.6) is 0 Å². The number of carbonyl (C=O) groups is 1. The highest BCUT2D eigenvalue weighted by atomic mass is 32.2. The molecule has 1 aromatic carbocycles. The smallest absolute Gasteiger partial charge is 0.407 e. The fourth-order valence-electron chi connectivity index (χ4n) is 1.60. The van der Waals surface area contributed by atoms with E-state index in [-0.39, 0.29) is 10.6 Å². The largest absolute Gasteiger partial charge is 0.444 e. The Balaban J connectivity index is 2.63. The quantitative estimate of drug-likeness (QED) is 0.926. The third-order valence-electron chi connectivity index (χ3n) is 2.33. The predicted molar refractivity (Wildman–Crippen MR) is 77.3 cm³/mol. The van der Waals surface area contributed by atoms with Crippen molar-refractivity contribution in [1.82, 2.24) is 5.32 Å². The second-order valence-corrected chi connectivity index (χ2v) is 7.68. The average Bonchev–Trinajstić information content (AvgIpc) is 2.26. The van der Waals surface area contributed by atoms with Crippen molar-refractivity contribution in [1.29, 1.82) is 0 Å². The van der Waals surface area contributed by atoms with E-state index in [0.717, 1.165) is 0 Å².